The molecule has 0 unspecified atom stereocenters. The topological polar surface area (TPSA) is 56.7 Å². The monoisotopic (exact) mass is 264 g/mol. The second kappa shape index (κ2) is 5.98. The minimum absolute atomic E-state index is 0.340. The molecule has 2 aromatic rings. The first kappa shape index (κ1) is 13.1. The summed E-state index contributed by atoms with van der Waals surface area (Å²) in [6.07, 6.45) is 1.72. The van der Waals surface area contributed by atoms with Crippen LogP contribution in [0.3, 0.4) is 0 Å². The Morgan fingerprint density at radius 3 is 2.39 bits per heavy atom. The van der Waals surface area contributed by atoms with Crippen LogP contribution in [0.2, 0.25) is 0 Å². The average molecular weight is 265 g/mol. The van der Waals surface area contributed by atoms with Crippen molar-refractivity contribution in [3.05, 3.63) is 41.5 Å². The number of hydrogen-bond acceptors (Lipinski definition) is 3. The molecule has 1 aromatic carbocycles. The first-order valence-corrected chi connectivity index (χ1v) is 6.62. The number of hydrogen-bond donors (Lipinski definition) is 1. The summed E-state index contributed by atoms with van der Waals surface area (Å²) in [4.78, 5) is 0. The Kier molecular flexibility index (Phi) is 4.33. The molecule has 2 rings (SSSR count). The lowest BCUT2D eigenvalue weighted by Crippen LogP contribution is -2.10. The molecular weight excluding hydrogens is 248 g/mol. The largest absolute Gasteiger partial charge is 0.330 e. The highest BCUT2D eigenvalue weighted by Gasteiger charge is 2.12. The maximum Gasteiger partial charge on any atom is 0.152 e. The van der Waals surface area contributed by atoms with Crippen LogP contribution in [0.4, 0.5) is 0 Å². The van der Waals surface area contributed by atoms with Gasteiger partial charge in [-0.2, -0.15) is 0 Å². The second-order valence-corrected chi connectivity index (χ2v) is 4.33. The summed E-state index contributed by atoms with van der Waals surface area (Å²) < 4.78 is 1.99. The third-order valence-corrected chi connectivity index (χ3v) is 3.13. The first-order valence-electron chi connectivity index (χ1n) is 6.08. The fraction of sp³-hybridized carbons (Fsp3) is 0.385. The maximum absolute atomic E-state index is 5.90. The number of nitrogens with two attached hydrogens (primary N) is 1. The molecule has 0 amide bonds. The van der Waals surface area contributed by atoms with E-state index in [0.717, 1.165) is 23.8 Å². The number of aromatic nitrogens is 3. The van der Waals surface area contributed by atoms with Crippen LogP contribution in [0.5, 0.6) is 0 Å². The number of rotatable bonds is 5. The van der Waals surface area contributed by atoms with Gasteiger partial charge in [-0.15, -0.1) is 21.8 Å². The van der Waals surface area contributed by atoms with E-state index in [9.17, 15) is 0 Å². The van der Waals surface area contributed by atoms with Crippen LogP contribution in [-0.2, 0) is 18.7 Å². The highest BCUT2D eigenvalue weighted by molar-refractivity contribution is 6.16. The molecule has 1 heterocycles. The average Bonchev–Trinajstić information content (AvgIpc) is 2.82. The molecule has 0 aliphatic carbocycles. The number of nitrogens with zero attached hydrogens (tertiary/aromatic N) is 3. The Hall–Kier alpha value is -1.39. The van der Waals surface area contributed by atoms with Crippen molar-refractivity contribution in [2.24, 2.45) is 5.73 Å². The zero-order valence-corrected chi connectivity index (χ0v) is 11.2. The van der Waals surface area contributed by atoms with Gasteiger partial charge >= 0.3 is 0 Å². The third kappa shape index (κ3) is 2.54. The van der Waals surface area contributed by atoms with Crippen LogP contribution < -0.4 is 5.73 Å². The number of alkyl halides is 1. The Balaban J connectivity index is 2.43. The highest BCUT2D eigenvalue weighted by Crippen LogP contribution is 2.16. The van der Waals surface area contributed by atoms with E-state index in [4.69, 9.17) is 17.3 Å². The quantitative estimate of drug-likeness (QED) is 0.841. The molecule has 0 saturated heterocycles. The molecule has 0 atom stereocenters. The van der Waals surface area contributed by atoms with Crippen LogP contribution in [0.15, 0.2) is 24.3 Å². The van der Waals surface area contributed by atoms with Crippen LogP contribution in [0.25, 0.3) is 5.69 Å². The van der Waals surface area contributed by atoms with E-state index >= 15 is 0 Å². The highest BCUT2D eigenvalue weighted by atomic mass is 35.5. The zero-order chi connectivity index (χ0) is 13.0. The predicted octanol–water partition coefficient (Wildman–Crippen LogP) is 2.07. The van der Waals surface area contributed by atoms with Crippen molar-refractivity contribution >= 4 is 11.6 Å². The van der Waals surface area contributed by atoms with Gasteiger partial charge in [-0.25, -0.2) is 0 Å². The zero-order valence-electron chi connectivity index (χ0n) is 10.4. The molecule has 1 aromatic heterocycles. The summed E-state index contributed by atoms with van der Waals surface area (Å²) in [6, 6.07) is 8.36. The van der Waals surface area contributed by atoms with Gasteiger partial charge in [-0.1, -0.05) is 19.1 Å². The molecule has 4 nitrogen and oxygen atoms in total. The minimum Gasteiger partial charge on any atom is -0.330 e. The Bertz CT molecular complexity index is 504. The molecule has 18 heavy (non-hydrogen) atoms. The molecule has 0 bridgehead atoms. The van der Waals surface area contributed by atoms with Gasteiger partial charge in [0, 0.05) is 12.1 Å². The Labute approximate surface area is 112 Å². The van der Waals surface area contributed by atoms with Crippen LogP contribution in [-0.4, -0.2) is 21.3 Å². The normalized spacial score (nSPS) is 10.8. The predicted molar refractivity (Wildman–Crippen MR) is 73.1 cm³/mol. The summed E-state index contributed by atoms with van der Waals surface area (Å²) in [5.74, 6) is 1.95. The van der Waals surface area contributed by atoms with Gasteiger partial charge in [0.15, 0.2) is 5.82 Å². The molecule has 5 heteroatoms. The van der Waals surface area contributed by atoms with Crippen molar-refractivity contribution in [2.45, 2.75) is 25.6 Å². The van der Waals surface area contributed by atoms with Crippen LogP contribution >= 0.6 is 11.6 Å². The van der Waals surface area contributed by atoms with Gasteiger partial charge in [0.25, 0.3) is 0 Å². The van der Waals surface area contributed by atoms with Crippen LogP contribution in [0.1, 0.15) is 24.1 Å². The van der Waals surface area contributed by atoms with Gasteiger partial charge in [0.1, 0.15) is 5.82 Å². The van der Waals surface area contributed by atoms with Crippen molar-refractivity contribution < 1.29 is 0 Å². The number of benzene rings is 1. The standard InChI is InChI=1S/C13H17ClN4/c1-2-10-3-5-11(6-4-10)18-12(7-8-15)16-17-13(18)9-14/h3-6H,2,7-9,15H2,1H3. The van der Waals surface area contributed by atoms with E-state index < -0.39 is 0 Å². The molecule has 0 radical (unpaired) electrons. The number of aryl methyl sites for hydroxylation is 1. The molecular formula is C13H17ClN4. The van der Waals surface area contributed by atoms with Crippen LogP contribution in [0, 0.1) is 0 Å². The summed E-state index contributed by atoms with van der Waals surface area (Å²) in [7, 11) is 0. The van der Waals surface area contributed by atoms with E-state index in [2.05, 4.69) is 41.4 Å². The smallest absolute Gasteiger partial charge is 0.152 e. The lowest BCUT2D eigenvalue weighted by atomic mass is 10.1. The lowest BCUT2D eigenvalue weighted by Gasteiger charge is -2.09. The van der Waals surface area contributed by atoms with Crippen molar-refractivity contribution in [3.8, 4) is 5.69 Å². The SMILES string of the molecule is CCc1ccc(-n2c(CCl)nnc2CCN)cc1. The summed E-state index contributed by atoms with van der Waals surface area (Å²) in [5, 5.41) is 8.24. The number of halogens is 1. The first-order chi connectivity index (χ1) is 8.80. The molecule has 0 fully saturated rings. The van der Waals surface area contributed by atoms with E-state index in [1.54, 1.807) is 0 Å². The fourth-order valence-electron chi connectivity index (χ4n) is 1.91. The van der Waals surface area contributed by atoms with Gasteiger partial charge in [0.2, 0.25) is 0 Å². The molecule has 2 N–H and O–H groups in total. The van der Waals surface area contributed by atoms with Gasteiger partial charge in [0.05, 0.1) is 5.88 Å². The summed E-state index contributed by atoms with van der Waals surface area (Å²) in [6.45, 7) is 2.69. The molecule has 0 aliphatic rings. The van der Waals surface area contributed by atoms with Crippen molar-refractivity contribution in [1.82, 2.24) is 14.8 Å². The summed E-state index contributed by atoms with van der Waals surface area (Å²) >= 11 is 5.90. The molecule has 96 valence electrons. The second-order valence-electron chi connectivity index (χ2n) is 4.06. The van der Waals surface area contributed by atoms with Crippen molar-refractivity contribution in [1.29, 1.82) is 0 Å². The van der Waals surface area contributed by atoms with E-state index in [1.165, 1.54) is 5.56 Å². The Morgan fingerprint density at radius 1 is 1.17 bits per heavy atom. The molecule has 0 aliphatic heterocycles. The fourth-order valence-corrected chi connectivity index (χ4v) is 2.08. The van der Waals surface area contributed by atoms with Gasteiger partial charge in [-0.3, -0.25) is 4.57 Å². The lowest BCUT2D eigenvalue weighted by molar-refractivity contribution is 0.821. The molecule has 0 saturated carbocycles. The van der Waals surface area contributed by atoms with E-state index in [0.29, 0.717) is 18.8 Å². The van der Waals surface area contributed by atoms with Gasteiger partial charge < -0.3 is 5.73 Å². The Morgan fingerprint density at radius 2 is 1.83 bits per heavy atom. The van der Waals surface area contributed by atoms with E-state index in [1.807, 2.05) is 4.57 Å². The van der Waals surface area contributed by atoms with Crippen molar-refractivity contribution in [3.63, 3.8) is 0 Å². The maximum atomic E-state index is 5.90. The van der Waals surface area contributed by atoms with E-state index in [-0.39, 0.29) is 0 Å². The van der Waals surface area contributed by atoms with Crippen molar-refractivity contribution in [2.75, 3.05) is 6.54 Å². The molecule has 0 spiro atoms. The third-order valence-electron chi connectivity index (χ3n) is 2.89. The van der Waals surface area contributed by atoms with Gasteiger partial charge in [-0.05, 0) is 30.7 Å². The minimum atomic E-state index is 0.340. The summed E-state index contributed by atoms with van der Waals surface area (Å²) in [5.41, 5.74) is 7.93.